The molecule has 3 heterocycles. The SMILES string of the molecule is O=C(c1ccc(-c2ccc3nccn3c2)cc1)N1CCNCC1. The molecule has 5 heteroatoms. The van der Waals surface area contributed by atoms with Crippen molar-refractivity contribution in [1.29, 1.82) is 0 Å². The van der Waals surface area contributed by atoms with Crippen LogP contribution in [0.25, 0.3) is 16.8 Å². The van der Waals surface area contributed by atoms with Crippen molar-refractivity contribution in [3.05, 3.63) is 60.6 Å². The molecule has 0 bridgehead atoms. The van der Waals surface area contributed by atoms with E-state index < -0.39 is 0 Å². The lowest BCUT2D eigenvalue weighted by Gasteiger charge is -2.27. The average Bonchev–Trinajstić information content (AvgIpc) is 3.10. The lowest BCUT2D eigenvalue weighted by Crippen LogP contribution is -2.46. The van der Waals surface area contributed by atoms with E-state index in [1.165, 1.54) is 0 Å². The van der Waals surface area contributed by atoms with Gasteiger partial charge in [0.15, 0.2) is 0 Å². The molecule has 1 saturated heterocycles. The van der Waals surface area contributed by atoms with Crippen LogP contribution in [-0.4, -0.2) is 46.4 Å². The fourth-order valence-electron chi connectivity index (χ4n) is 2.95. The fourth-order valence-corrected chi connectivity index (χ4v) is 2.95. The quantitative estimate of drug-likeness (QED) is 0.788. The van der Waals surface area contributed by atoms with Gasteiger partial charge >= 0.3 is 0 Å². The zero-order valence-electron chi connectivity index (χ0n) is 12.8. The van der Waals surface area contributed by atoms with Crippen LogP contribution in [0.1, 0.15) is 10.4 Å². The van der Waals surface area contributed by atoms with Crippen LogP contribution in [0.4, 0.5) is 0 Å². The van der Waals surface area contributed by atoms with Crippen molar-refractivity contribution >= 4 is 11.6 Å². The van der Waals surface area contributed by atoms with Gasteiger partial charge in [0.2, 0.25) is 0 Å². The zero-order valence-corrected chi connectivity index (χ0v) is 12.8. The number of aromatic nitrogens is 2. The standard InChI is InChI=1S/C18H18N4O/c23-18(21-10-7-19-8-11-21)15-3-1-14(2-4-15)16-5-6-17-20-9-12-22(17)13-16/h1-6,9,12-13,19H,7-8,10-11H2. The first kappa shape index (κ1) is 14.0. The Morgan fingerprint density at radius 1 is 1.00 bits per heavy atom. The Morgan fingerprint density at radius 2 is 1.74 bits per heavy atom. The lowest BCUT2D eigenvalue weighted by molar-refractivity contribution is 0.0736. The topological polar surface area (TPSA) is 49.6 Å². The van der Waals surface area contributed by atoms with Gasteiger partial charge in [0, 0.05) is 50.3 Å². The number of nitrogens with zero attached hydrogens (tertiary/aromatic N) is 3. The van der Waals surface area contributed by atoms with E-state index in [1.54, 1.807) is 6.20 Å². The van der Waals surface area contributed by atoms with Crippen LogP contribution >= 0.6 is 0 Å². The van der Waals surface area contributed by atoms with E-state index in [9.17, 15) is 4.79 Å². The highest BCUT2D eigenvalue weighted by atomic mass is 16.2. The number of hydrogen-bond donors (Lipinski definition) is 1. The third-order valence-electron chi connectivity index (χ3n) is 4.26. The molecule has 1 amide bonds. The van der Waals surface area contributed by atoms with Gasteiger partial charge in [-0.15, -0.1) is 0 Å². The van der Waals surface area contributed by atoms with Gasteiger partial charge < -0.3 is 14.6 Å². The molecule has 2 aromatic heterocycles. The molecule has 0 spiro atoms. The first-order chi connectivity index (χ1) is 11.3. The number of benzene rings is 1. The van der Waals surface area contributed by atoms with Crippen LogP contribution in [0.15, 0.2) is 55.0 Å². The molecule has 0 saturated carbocycles. The van der Waals surface area contributed by atoms with Crippen LogP contribution in [0.2, 0.25) is 0 Å². The monoisotopic (exact) mass is 306 g/mol. The van der Waals surface area contributed by atoms with E-state index in [1.807, 2.05) is 45.8 Å². The maximum Gasteiger partial charge on any atom is 0.253 e. The molecule has 1 aromatic carbocycles. The third-order valence-corrected chi connectivity index (χ3v) is 4.26. The molecule has 23 heavy (non-hydrogen) atoms. The Morgan fingerprint density at radius 3 is 2.52 bits per heavy atom. The number of amides is 1. The molecule has 4 rings (SSSR count). The fraction of sp³-hybridized carbons (Fsp3) is 0.222. The largest absolute Gasteiger partial charge is 0.336 e. The number of fused-ring (bicyclic) bond motifs is 1. The summed E-state index contributed by atoms with van der Waals surface area (Å²) in [6, 6.07) is 11.9. The number of rotatable bonds is 2. The number of pyridine rings is 1. The van der Waals surface area contributed by atoms with Crippen LogP contribution in [0.3, 0.4) is 0 Å². The number of piperazine rings is 1. The van der Waals surface area contributed by atoms with Crippen LogP contribution < -0.4 is 5.32 Å². The van der Waals surface area contributed by atoms with Crippen molar-refractivity contribution in [2.24, 2.45) is 0 Å². The highest BCUT2D eigenvalue weighted by Gasteiger charge is 2.17. The minimum atomic E-state index is 0.114. The number of imidazole rings is 1. The van der Waals surface area contributed by atoms with Crippen molar-refractivity contribution < 1.29 is 4.79 Å². The summed E-state index contributed by atoms with van der Waals surface area (Å²) in [7, 11) is 0. The second-order valence-electron chi connectivity index (χ2n) is 5.73. The molecule has 1 fully saturated rings. The maximum atomic E-state index is 12.5. The van der Waals surface area contributed by atoms with Gasteiger partial charge in [-0.1, -0.05) is 12.1 Å². The Kier molecular flexibility index (Phi) is 3.55. The van der Waals surface area contributed by atoms with Crippen molar-refractivity contribution in [2.45, 2.75) is 0 Å². The van der Waals surface area contributed by atoms with Gasteiger partial charge in [0.05, 0.1) is 0 Å². The smallest absolute Gasteiger partial charge is 0.253 e. The summed E-state index contributed by atoms with van der Waals surface area (Å²) in [6.07, 6.45) is 5.77. The highest BCUT2D eigenvalue weighted by Crippen LogP contribution is 2.21. The summed E-state index contributed by atoms with van der Waals surface area (Å²) in [4.78, 5) is 18.6. The number of nitrogens with one attached hydrogen (secondary N) is 1. The molecule has 0 radical (unpaired) electrons. The van der Waals surface area contributed by atoms with Crippen LogP contribution in [0.5, 0.6) is 0 Å². The summed E-state index contributed by atoms with van der Waals surface area (Å²) in [5.41, 5.74) is 3.88. The van der Waals surface area contributed by atoms with Gasteiger partial charge in [-0.2, -0.15) is 0 Å². The number of carbonyl (C=O) groups is 1. The van der Waals surface area contributed by atoms with E-state index >= 15 is 0 Å². The van der Waals surface area contributed by atoms with Gasteiger partial charge in [-0.05, 0) is 35.4 Å². The van der Waals surface area contributed by atoms with Crippen molar-refractivity contribution in [2.75, 3.05) is 26.2 Å². The summed E-state index contributed by atoms with van der Waals surface area (Å²) < 4.78 is 2.00. The van der Waals surface area contributed by atoms with Gasteiger partial charge in [0.25, 0.3) is 5.91 Å². The highest BCUT2D eigenvalue weighted by molar-refractivity contribution is 5.94. The van der Waals surface area contributed by atoms with Crippen molar-refractivity contribution in [3.63, 3.8) is 0 Å². The molecule has 3 aromatic rings. The molecule has 116 valence electrons. The Labute approximate surface area is 134 Å². The molecule has 0 unspecified atom stereocenters. The minimum Gasteiger partial charge on any atom is -0.336 e. The average molecular weight is 306 g/mol. The summed E-state index contributed by atoms with van der Waals surface area (Å²) in [5.74, 6) is 0.114. The minimum absolute atomic E-state index is 0.114. The zero-order chi connectivity index (χ0) is 15.6. The molecule has 1 aliphatic heterocycles. The van der Waals surface area contributed by atoms with E-state index in [4.69, 9.17) is 0 Å². The predicted octanol–water partition coefficient (Wildman–Crippen LogP) is 2.05. The molecular formula is C18H18N4O. The lowest BCUT2D eigenvalue weighted by atomic mass is 10.0. The van der Waals surface area contributed by atoms with E-state index in [0.29, 0.717) is 0 Å². The van der Waals surface area contributed by atoms with Crippen LogP contribution in [0, 0.1) is 0 Å². The number of carbonyl (C=O) groups excluding carboxylic acids is 1. The third kappa shape index (κ3) is 2.71. The van der Waals surface area contributed by atoms with E-state index in [0.717, 1.165) is 48.5 Å². The Bertz CT molecular complexity index is 832. The predicted molar refractivity (Wildman–Crippen MR) is 89.4 cm³/mol. The first-order valence-electron chi connectivity index (χ1n) is 7.84. The second-order valence-corrected chi connectivity index (χ2v) is 5.73. The van der Waals surface area contributed by atoms with E-state index in [2.05, 4.69) is 22.6 Å². The van der Waals surface area contributed by atoms with E-state index in [-0.39, 0.29) is 5.91 Å². The normalized spacial score (nSPS) is 15.0. The summed E-state index contributed by atoms with van der Waals surface area (Å²) in [5, 5.41) is 3.26. The van der Waals surface area contributed by atoms with Gasteiger partial charge in [0.1, 0.15) is 5.65 Å². The second kappa shape index (κ2) is 5.85. The maximum absolute atomic E-state index is 12.5. The summed E-state index contributed by atoms with van der Waals surface area (Å²) >= 11 is 0. The summed E-state index contributed by atoms with van der Waals surface area (Å²) in [6.45, 7) is 3.29. The van der Waals surface area contributed by atoms with Crippen molar-refractivity contribution in [3.8, 4) is 11.1 Å². The molecular weight excluding hydrogens is 288 g/mol. The first-order valence-corrected chi connectivity index (χ1v) is 7.84. The molecule has 1 N–H and O–H groups in total. The number of hydrogen-bond acceptors (Lipinski definition) is 3. The van der Waals surface area contributed by atoms with Gasteiger partial charge in [-0.3, -0.25) is 4.79 Å². The Hall–Kier alpha value is -2.66. The molecule has 0 atom stereocenters. The molecule has 5 nitrogen and oxygen atoms in total. The van der Waals surface area contributed by atoms with Crippen LogP contribution in [-0.2, 0) is 0 Å². The Balaban J connectivity index is 1.58. The molecule has 1 aliphatic rings. The van der Waals surface area contributed by atoms with Gasteiger partial charge in [-0.25, -0.2) is 4.98 Å². The molecule has 0 aliphatic carbocycles. The van der Waals surface area contributed by atoms with Crippen molar-refractivity contribution in [1.82, 2.24) is 19.6 Å².